The van der Waals surface area contributed by atoms with Crippen molar-refractivity contribution in [3.05, 3.63) is 24.3 Å². The zero-order valence-electron chi connectivity index (χ0n) is 10.2. The predicted octanol–water partition coefficient (Wildman–Crippen LogP) is 2.20. The van der Waals surface area contributed by atoms with E-state index in [9.17, 15) is 0 Å². The Morgan fingerprint density at radius 1 is 1.17 bits per heavy atom. The number of hydrogen-bond donors (Lipinski definition) is 1. The SMILES string of the molecule is Nc1nc(N2CC3CCC2C3)c2ccccc2n1. The highest BCUT2D eigenvalue weighted by atomic mass is 15.3. The van der Waals surface area contributed by atoms with Crippen LogP contribution in [0, 0.1) is 5.92 Å². The summed E-state index contributed by atoms with van der Waals surface area (Å²) in [5, 5.41) is 1.12. The number of nitrogens with zero attached hydrogens (tertiary/aromatic N) is 3. The molecule has 1 aromatic heterocycles. The molecule has 0 radical (unpaired) electrons. The molecule has 2 N–H and O–H groups in total. The van der Waals surface area contributed by atoms with Crippen molar-refractivity contribution in [2.75, 3.05) is 17.2 Å². The number of benzene rings is 1. The molecule has 1 saturated carbocycles. The molecule has 2 aliphatic rings. The summed E-state index contributed by atoms with van der Waals surface area (Å²) in [6.45, 7) is 1.13. The van der Waals surface area contributed by atoms with Crippen LogP contribution in [-0.2, 0) is 0 Å². The molecular formula is C14H16N4. The van der Waals surface area contributed by atoms with Gasteiger partial charge in [0.15, 0.2) is 0 Å². The minimum atomic E-state index is 0.381. The molecule has 0 spiro atoms. The Morgan fingerprint density at radius 2 is 2.06 bits per heavy atom. The molecule has 1 saturated heterocycles. The lowest BCUT2D eigenvalue weighted by atomic mass is 10.1. The lowest BCUT2D eigenvalue weighted by Crippen LogP contribution is -2.33. The second-order valence-corrected chi connectivity index (χ2v) is 5.41. The normalized spacial score (nSPS) is 26.1. The molecule has 2 atom stereocenters. The Labute approximate surface area is 106 Å². The van der Waals surface area contributed by atoms with Gasteiger partial charge in [-0.3, -0.25) is 0 Å². The number of nitrogens with two attached hydrogens (primary N) is 1. The summed E-state index contributed by atoms with van der Waals surface area (Å²) < 4.78 is 0. The average molecular weight is 240 g/mol. The minimum absolute atomic E-state index is 0.381. The molecule has 2 aromatic rings. The zero-order chi connectivity index (χ0) is 12.1. The van der Waals surface area contributed by atoms with Gasteiger partial charge in [-0.15, -0.1) is 0 Å². The van der Waals surface area contributed by atoms with E-state index in [0.717, 1.165) is 29.2 Å². The summed E-state index contributed by atoms with van der Waals surface area (Å²) >= 11 is 0. The quantitative estimate of drug-likeness (QED) is 0.830. The molecule has 1 aromatic carbocycles. The number of aromatic nitrogens is 2. The smallest absolute Gasteiger partial charge is 0.222 e. The van der Waals surface area contributed by atoms with Gasteiger partial charge in [-0.2, -0.15) is 4.98 Å². The molecule has 4 rings (SSSR count). The van der Waals surface area contributed by atoms with Gasteiger partial charge in [-0.25, -0.2) is 4.98 Å². The van der Waals surface area contributed by atoms with Gasteiger partial charge in [0.1, 0.15) is 5.82 Å². The van der Waals surface area contributed by atoms with Gasteiger partial charge in [0.2, 0.25) is 5.95 Å². The van der Waals surface area contributed by atoms with Crippen molar-refractivity contribution < 1.29 is 0 Å². The van der Waals surface area contributed by atoms with E-state index >= 15 is 0 Å². The van der Waals surface area contributed by atoms with E-state index in [2.05, 4.69) is 20.9 Å². The lowest BCUT2D eigenvalue weighted by molar-refractivity contribution is 0.551. The van der Waals surface area contributed by atoms with Crippen LogP contribution in [0.25, 0.3) is 10.9 Å². The van der Waals surface area contributed by atoms with Gasteiger partial charge >= 0.3 is 0 Å². The molecule has 1 aliphatic heterocycles. The topological polar surface area (TPSA) is 55.0 Å². The molecule has 1 aliphatic carbocycles. The maximum atomic E-state index is 5.84. The van der Waals surface area contributed by atoms with Crippen LogP contribution in [0.15, 0.2) is 24.3 Å². The monoisotopic (exact) mass is 240 g/mol. The Morgan fingerprint density at radius 3 is 2.83 bits per heavy atom. The van der Waals surface area contributed by atoms with E-state index in [4.69, 9.17) is 5.73 Å². The molecule has 4 heteroatoms. The van der Waals surface area contributed by atoms with Crippen LogP contribution in [0.4, 0.5) is 11.8 Å². The third-order valence-corrected chi connectivity index (χ3v) is 4.28. The Kier molecular flexibility index (Phi) is 2.01. The Hall–Kier alpha value is -1.84. The van der Waals surface area contributed by atoms with Gasteiger partial charge in [0.25, 0.3) is 0 Å². The van der Waals surface area contributed by atoms with Crippen molar-refractivity contribution in [3.8, 4) is 0 Å². The van der Waals surface area contributed by atoms with Crippen molar-refractivity contribution >= 4 is 22.7 Å². The second kappa shape index (κ2) is 3.57. The highest BCUT2D eigenvalue weighted by Gasteiger charge is 2.39. The Bertz CT molecular complexity index is 610. The van der Waals surface area contributed by atoms with Crippen molar-refractivity contribution in [1.29, 1.82) is 0 Å². The first-order valence-corrected chi connectivity index (χ1v) is 6.60. The third kappa shape index (κ3) is 1.38. The van der Waals surface area contributed by atoms with E-state index in [1.165, 1.54) is 19.3 Å². The average Bonchev–Trinajstić information content (AvgIpc) is 3.00. The fourth-order valence-corrected chi connectivity index (χ4v) is 3.48. The van der Waals surface area contributed by atoms with E-state index in [0.29, 0.717) is 12.0 Å². The van der Waals surface area contributed by atoms with Crippen LogP contribution in [0.5, 0.6) is 0 Å². The molecule has 0 amide bonds. The largest absolute Gasteiger partial charge is 0.368 e. The zero-order valence-corrected chi connectivity index (χ0v) is 10.2. The van der Waals surface area contributed by atoms with Gasteiger partial charge in [-0.05, 0) is 37.3 Å². The highest BCUT2D eigenvalue weighted by Crippen LogP contribution is 2.41. The van der Waals surface area contributed by atoms with Crippen LogP contribution < -0.4 is 10.6 Å². The molecule has 18 heavy (non-hydrogen) atoms. The van der Waals surface area contributed by atoms with Crippen LogP contribution in [0.1, 0.15) is 19.3 Å². The van der Waals surface area contributed by atoms with Crippen LogP contribution in [0.3, 0.4) is 0 Å². The number of nitrogen functional groups attached to an aromatic ring is 1. The van der Waals surface area contributed by atoms with Gasteiger partial charge in [0, 0.05) is 18.0 Å². The first-order chi connectivity index (χ1) is 8.81. The summed E-state index contributed by atoms with van der Waals surface area (Å²) in [6, 6.07) is 8.79. The van der Waals surface area contributed by atoms with Crippen molar-refractivity contribution in [1.82, 2.24) is 9.97 Å². The molecule has 92 valence electrons. The number of hydrogen-bond acceptors (Lipinski definition) is 4. The maximum absolute atomic E-state index is 5.84. The number of fused-ring (bicyclic) bond motifs is 3. The molecule has 2 heterocycles. The summed E-state index contributed by atoms with van der Waals surface area (Å²) in [5.74, 6) is 2.27. The predicted molar refractivity (Wildman–Crippen MR) is 72.4 cm³/mol. The standard InChI is InChI=1S/C14H16N4/c15-14-16-12-4-2-1-3-11(12)13(17-14)18-8-9-5-6-10(18)7-9/h1-4,9-10H,5-8H2,(H2,15,16,17). The molecule has 2 unspecified atom stereocenters. The first kappa shape index (κ1) is 10.1. The highest BCUT2D eigenvalue weighted by molar-refractivity contribution is 5.90. The van der Waals surface area contributed by atoms with Crippen molar-refractivity contribution in [2.24, 2.45) is 5.92 Å². The van der Waals surface area contributed by atoms with Crippen LogP contribution in [0.2, 0.25) is 0 Å². The van der Waals surface area contributed by atoms with E-state index in [1.54, 1.807) is 0 Å². The molecule has 2 bridgehead atoms. The lowest BCUT2D eigenvalue weighted by Gasteiger charge is -2.29. The van der Waals surface area contributed by atoms with Gasteiger partial charge in [0.05, 0.1) is 5.52 Å². The second-order valence-electron chi connectivity index (χ2n) is 5.41. The molecule has 2 fully saturated rings. The summed E-state index contributed by atoms with van der Waals surface area (Å²) in [5.41, 5.74) is 6.79. The number of anilines is 2. The van der Waals surface area contributed by atoms with E-state index < -0.39 is 0 Å². The number of rotatable bonds is 1. The summed E-state index contributed by atoms with van der Waals surface area (Å²) in [6.07, 6.45) is 3.99. The molecule has 4 nitrogen and oxygen atoms in total. The van der Waals surface area contributed by atoms with Crippen molar-refractivity contribution in [3.63, 3.8) is 0 Å². The van der Waals surface area contributed by atoms with Crippen LogP contribution in [-0.4, -0.2) is 22.6 Å². The number of piperidine rings is 1. The van der Waals surface area contributed by atoms with Crippen LogP contribution >= 0.6 is 0 Å². The third-order valence-electron chi connectivity index (χ3n) is 4.28. The number of para-hydroxylation sites is 1. The Balaban J connectivity index is 1.89. The summed E-state index contributed by atoms with van der Waals surface area (Å²) in [4.78, 5) is 11.2. The summed E-state index contributed by atoms with van der Waals surface area (Å²) in [7, 11) is 0. The van der Waals surface area contributed by atoms with E-state index in [1.807, 2.05) is 18.2 Å². The van der Waals surface area contributed by atoms with Crippen molar-refractivity contribution in [2.45, 2.75) is 25.3 Å². The maximum Gasteiger partial charge on any atom is 0.222 e. The minimum Gasteiger partial charge on any atom is -0.368 e. The first-order valence-electron chi connectivity index (χ1n) is 6.60. The van der Waals surface area contributed by atoms with E-state index in [-0.39, 0.29) is 0 Å². The molecular weight excluding hydrogens is 224 g/mol. The van der Waals surface area contributed by atoms with Gasteiger partial charge < -0.3 is 10.6 Å². The fourth-order valence-electron chi connectivity index (χ4n) is 3.48. The van der Waals surface area contributed by atoms with Gasteiger partial charge in [-0.1, -0.05) is 12.1 Å². The fraction of sp³-hybridized carbons (Fsp3) is 0.429.